The van der Waals surface area contributed by atoms with Gasteiger partial charge in [-0.25, -0.2) is 0 Å². The fourth-order valence-electron chi connectivity index (χ4n) is 3.69. The van der Waals surface area contributed by atoms with Crippen molar-refractivity contribution < 1.29 is 0 Å². The fraction of sp³-hybridized carbons (Fsp3) is 0.611. The van der Waals surface area contributed by atoms with Crippen LogP contribution in [0.2, 0.25) is 0 Å². The van der Waals surface area contributed by atoms with Gasteiger partial charge in [0.15, 0.2) is 0 Å². The summed E-state index contributed by atoms with van der Waals surface area (Å²) >= 11 is 0. The molecule has 2 aromatic rings. The molecule has 1 aliphatic carbocycles. The molecule has 1 saturated carbocycles. The summed E-state index contributed by atoms with van der Waals surface area (Å²) in [5.41, 5.74) is 9.12. The zero-order chi connectivity index (χ0) is 14.7. The van der Waals surface area contributed by atoms with Crippen LogP contribution in [-0.4, -0.2) is 15.3 Å². The smallest absolute Gasteiger partial charge is 0.0721 e. The van der Waals surface area contributed by atoms with E-state index in [1.54, 1.807) is 0 Å². The van der Waals surface area contributed by atoms with Gasteiger partial charge in [0.2, 0.25) is 0 Å². The number of nitrogens with two attached hydrogens (primary N) is 1. The summed E-state index contributed by atoms with van der Waals surface area (Å²) in [6.45, 7) is 3.06. The number of aromatic nitrogens is 2. The van der Waals surface area contributed by atoms with Gasteiger partial charge in [0.05, 0.1) is 11.2 Å². The van der Waals surface area contributed by atoms with Crippen LogP contribution in [0.3, 0.4) is 0 Å². The van der Waals surface area contributed by atoms with E-state index in [4.69, 9.17) is 10.8 Å². The monoisotopic (exact) mass is 285 g/mol. The Kier molecular flexibility index (Phi) is 4.29. The van der Waals surface area contributed by atoms with Crippen molar-refractivity contribution in [3.8, 4) is 0 Å². The molecule has 0 bridgehead atoms. The summed E-state index contributed by atoms with van der Waals surface area (Å²) in [6, 6.07) is 8.55. The van der Waals surface area contributed by atoms with E-state index in [0.29, 0.717) is 0 Å². The fourth-order valence-corrected chi connectivity index (χ4v) is 3.69. The lowest BCUT2D eigenvalue weighted by atomic mass is 9.81. The van der Waals surface area contributed by atoms with Crippen molar-refractivity contribution in [2.75, 3.05) is 0 Å². The lowest BCUT2D eigenvalue weighted by Crippen LogP contribution is -2.42. The Hall–Kier alpha value is -1.35. The molecule has 0 unspecified atom stereocenters. The summed E-state index contributed by atoms with van der Waals surface area (Å²) in [4.78, 5) is 0. The maximum Gasteiger partial charge on any atom is 0.0721 e. The molecule has 1 aromatic carbocycles. The predicted molar refractivity (Wildman–Crippen MR) is 88.3 cm³/mol. The second kappa shape index (κ2) is 6.18. The molecule has 1 aliphatic rings. The van der Waals surface area contributed by atoms with Crippen molar-refractivity contribution in [3.63, 3.8) is 0 Å². The van der Waals surface area contributed by atoms with E-state index in [0.717, 1.165) is 25.8 Å². The average Bonchev–Trinajstić information content (AvgIpc) is 2.82. The summed E-state index contributed by atoms with van der Waals surface area (Å²) in [6.07, 6.45) is 9.78. The van der Waals surface area contributed by atoms with E-state index in [-0.39, 0.29) is 5.54 Å². The number of para-hydroxylation sites is 1. The minimum Gasteiger partial charge on any atom is -0.325 e. The van der Waals surface area contributed by atoms with Crippen molar-refractivity contribution in [1.29, 1.82) is 0 Å². The zero-order valence-electron chi connectivity index (χ0n) is 13.1. The quantitative estimate of drug-likeness (QED) is 0.925. The number of nitrogens with zero attached hydrogens (tertiary/aromatic N) is 2. The topological polar surface area (TPSA) is 43.8 Å². The molecule has 3 heteroatoms. The van der Waals surface area contributed by atoms with Gasteiger partial charge in [0.25, 0.3) is 0 Å². The van der Waals surface area contributed by atoms with Crippen LogP contribution in [0.15, 0.2) is 24.3 Å². The molecule has 3 rings (SSSR count). The van der Waals surface area contributed by atoms with Crippen LogP contribution in [0.4, 0.5) is 0 Å². The molecule has 0 radical (unpaired) electrons. The van der Waals surface area contributed by atoms with E-state index in [1.165, 1.54) is 48.7 Å². The molecule has 0 saturated heterocycles. The molecule has 2 N–H and O–H groups in total. The molecule has 1 heterocycles. The minimum absolute atomic E-state index is 0.0594. The van der Waals surface area contributed by atoms with Gasteiger partial charge in [-0.15, -0.1) is 0 Å². The Morgan fingerprint density at radius 2 is 1.76 bits per heavy atom. The lowest BCUT2D eigenvalue weighted by Gasteiger charge is -2.31. The number of hydrogen-bond donors (Lipinski definition) is 1. The third-order valence-electron chi connectivity index (χ3n) is 4.90. The van der Waals surface area contributed by atoms with Crippen molar-refractivity contribution in [2.45, 2.75) is 70.4 Å². The van der Waals surface area contributed by atoms with Crippen LogP contribution in [-0.2, 0) is 13.0 Å². The predicted octanol–water partition coefficient (Wildman–Crippen LogP) is 4.04. The van der Waals surface area contributed by atoms with Gasteiger partial charge in [-0.3, -0.25) is 4.68 Å². The molecule has 3 nitrogen and oxygen atoms in total. The largest absolute Gasteiger partial charge is 0.325 e. The Morgan fingerprint density at radius 1 is 1.10 bits per heavy atom. The molecule has 1 aromatic heterocycles. The van der Waals surface area contributed by atoms with Crippen LogP contribution < -0.4 is 5.73 Å². The van der Waals surface area contributed by atoms with Gasteiger partial charge >= 0.3 is 0 Å². The second-order valence-electron chi connectivity index (χ2n) is 6.59. The van der Waals surface area contributed by atoms with E-state index in [9.17, 15) is 0 Å². The highest BCUT2D eigenvalue weighted by molar-refractivity contribution is 5.82. The van der Waals surface area contributed by atoms with E-state index < -0.39 is 0 Å². The van der Waals surface area contributed by atoms with E-state index in [2.05, 4.69) is 35.9 Å². The second-order valence-corrected chi connectivity index (χ2v) is 6.59. The van der Waals surface area contributed by atoms with Crippen molar-refractivity contribution in [3.05, 3.63) is 30.0 Å². The molecule has 21 heavy (non-hydrogen) atoms. The van der Waals surface area contributed by atoms with Gasteiger partial charge < -0.3 is 5.73 Å². The summed E-state index contributed by atoms with van der Waals surface area (Å²) in [5, 5.41) is 6.12. The maximum atomic E-state index is 6.75. The van der Waals surface area contributed by atoms with Crippen LogP contribution in [0.5, 0.6) is 0 Å². The molecule has 0 amide bonds. The van der Waals surface area contributed by atoms with Gasteiger partial charge in [-0.2, -0.15) is 5.10 Å². The lowest BCUT2D eigenvalue weighted by molar-refractivity contribution is 0.312. The molecule has 0 atom stereocenters. The number of aryl methyl sites for hydroxylation is 1. The SMILES string of the molecule is CCn1nc(CC2(N)CCCCCCC2)c2ccccc21. The first-order valence-corrected chi connectivity index (χ1v) is 8.45. The summed E-state index contributed by atoms with van der Waals surface area (Å²) in [5.74, 6) is 0. The average molecular weight is 285 g/mol. The Balaban J connectivity index is 1.89. The normalized spacial score (nSPS) is 19.3. The number of benzene rings is 1. The third-order valence-corrected chi connectivity index (χ3v) is 4.90. The number of hydrogen-bond acceptors (Lipinski definition) is 2. The molecule has 0 spiro atoms. The van der Waals surface area contributed by atoms with Crippen molar-refractivity contribution >= 4 is 10.9 Å². The van der Waals surface area contributed by atoms with Crippen LogP contribution >= 0.6 is 0 Å². The van der Waals surface area contributed by atoms with Gasteiger partial charge in [-0.1, -0.05) is 50.3 Å². The van der Waals surface area contributed by atoms with E-state index >= 15 is 0 Å². The van der Waals surface area contributed by atoms with Crippen molar-refractivity contribution in [1.82, 2.24) is 9.78 Å². The third kappa shape index (κ3) is 3.13. The standard InChI is InChI=1S/C18H27N3/c1-2-21-17-11-7-6-10-15(17)16(20-21)14-18(19)12-8-4-3-5-9-13-18/h6-7,10-11H,2-5,8-9,12-14,19H2,1H3. The number of rotatable bonds is 3. The Morgan fingerprint density at radius 3 is 2.48 bits per heavy atom. The first kappa shape index (κ1) is 14.6. The summed E-state index contributed by atoms with van der Waals surface area (Å²) in [7, 11) is 0. The minimum atomic E-state index is -0.0594. The summed E-state index contributed by atoms with van der Waals surface area (Å²) < 4.78 is 2.11. The van der Waals surface area contributed by atoms with Crippen molar-refractivity contribution in [2.24, 2.45) is 5.73 Å². The molecular formula is C18H27N3. The molecular weight excluding hydrogens is 258 g/mol. The van der Waals surface area contributed by atoms with Crippen LogP contribution in [0.25, 0.3) is 10.9 Å². The number of fused-ring (bicyclic) bond motifs is 1. The van der Waals surface area contributed by atoms with E-state index in [1.807, 2.05) is 0 Å². The molecule has 0 aliphatic heterocycles. The first-order chi connectivity index (χ1) is 10.2. The Bertz CT molecular complexity index is 592. The Labute approximate surface area is 127 Å². The highest BCUT2D eigenvalue weighted by Gasteiger charge is 2.28. The van der Waals surface area contributed by atoms with Gasteiger partial charge in [-0.05, 0) is 25.8 Å². The maximum absolute atomic E-state index is 6.75. The molecule has 114 valence electrons. The highest BCUT2D eigenvalue weighted by Crippen LogP contribution is 2.29. The highest BCUT2D eigenvalue weighted by atomic mass is 15.3. The van der Waals surface area contributed by atoms with Crippen LogP contribution in [0.1, 0.15) is 57.6 Å². The van der Waals surface area contributed by atoms with Gasteiger partial charge in [0.1, 0.15) is 0 Å². The first-order valence-electron chi connectivity index (χ1n) is 8.45. The van der Waals surface area contributed by atoms with Gasteiger partial charge in [0, 0.05) is 23.9 Å². The molecule has 1 fully saturated rings. The van der Waals surface area contributed by atoms with Crippen LogP contribution in [0, 0.1) is 0 Å². The zero-order valence-corrected chi connectivity index (χ0v) is 13.1.